The van der Waals surface area contributed by atoms with Crippen molar-refractivity contribution in [1.82, 2.24) is 9.91 Å². The molecule has 0 aliphatic carbocycles. The van der Waals surface area contributed by atoms with Crippen LogP contribution in [-0.2, 0) is 66.6 Å². The number of fused-ring (bicyclic) bond motifs is 1. The fourth-order valence-corrected chi connectivity index (χ4v) is 10.8. The minimum Gasteiger partial charge on any atom is -0.461 e. The number of methoxy groups -OCH3 is 2. The molecule has 4 rings (SSSR count). The molecule has 18 atom stereocenters. The molecule has 17 heteroatoms. The van der Waals surface area contributed by atoms with Crippen LogP contribution < -0.4 is 5.84 Å². The SMILES string of the molecule is CC[C@H]1OC(=O)[C@H](C)C(OC2CC(C)(OC)C(OC(C)=O)C(C)O2)[C@H](C)[C@@H](O[C@@H]2O[C@H](C)C[C@H](N(C)C)[C@H]2OC(C)=O)[C@](C)(OC)C[C@@H](C)C(=O)[C@H](C)[C@H]2N(N)C(=O)C[C@]12C. The predicted octanol–water partition coefficient (Wildman–Crippen LogP) is 3.95. The third kappa shape index (κ3) is 10.6. The number of hydrogen-bond acceptors (Lipinski definition) is 16. The number of nitrogens with zero attached hydrogens (tertiary/aromatic N) is 2. The Morgan fingerprint density at radius 1 is 0.836 bits per heavy atom. The van der Waals surface area contributed by atoms with Gasteiger partial charge in [-0.15, -0.1) is 0 Å². The van der Waals surface area contributed by atoms with Crippen molar-refractivity contribution in [3.05, 3.63) is 0 Å². The minimum atomic E-state index is -1.28. The van der Waals surface area contributed by atoms with Crippen LogP contribution in [-0.4, -0.2) is 146 Å². The van der Waals surface area contributed by atoms with Gasteiger partial charge in [0.25, 0.3) is 0 Å². The van der Waals surface area contributed by atoms with Gasteiger partial charge in [0.1, 0.15) is 17.5 Å². The minimum absolute atomic E-state index is 0.0213. The summed E-state index contributed by atoms with van der Waals surface area (Å²) in [6, 6.07) is -1.07. The highest BCUT2D eigenvalue weighted by molar-refractivity contribution is 5.87. The maximum Gasteiger partial charge on any atom is 0.311 e. The highest BCUT2D eigenvalue weighted by Gasteiger charge is 2.59. The molecule has 61 heavy (non-hydrogen) atoms. The fraction of sp³-hybridized carbons (Fsp3) is 0.886. The van der Waals surface area contributed by atoms with E-state index in [9.17, 15) is 24.0 Å². The predicted molar refractivity (Wildman–Crippen MR) is 221 cm³/mol. The van der Waals surface area contributed by atoms with Crippen molar-refractivity contribution in [2.45, 2.75) is 194 Å². The molecule has 4 heterocycles. The number of nitrogens with two attached hydrogens (primary N) is 1. The number of cyclic esters (lactones) is 1. The number of ether oxygens (including phenoxy) is 9. The summed E-state index contributed by atoms with van der Waals surface area (Å²) in [5, 5.41) is 1.13. The van der Waals surface area contributed by atoms with Crippen LogP contribution in [0.2, 0.25) is 0 Å². The molecule has 0 aromatic rings. The lowest BCUT2D eigenvalue weighted by Crippen LogP contribution is -2.62. The molecule has 4 aliphatic rings. The lowest BCUT2D eigenvalue weighted by Gasteiger charge is -2.50. The fourth-order valence-electron chi connectivity index (χ4n) is 10.8. The summed E-state index contributed by atoms with van der Waals surface area (Å²) in [6.45, 7) is 20.8. The molecule has 5 unspecified atom stereocenters. The van der Waals surface area contributed by atoms with Gasteiger partial charge in [-0.2, -0.15) is 0 Å². The number of carbonyl (C=O) groups is 5. The maximum atomic E-state index is 14.7. The molecule has 0 radical (unpaired) electrons. The summed E-state index contributed by atoms with van der Waals surface area (Å²) in [5.41, 5.74) is -3.34. The molecular formula is C44H75N3O14. The van der Waals surface area contributed by atoms with Crippen LogP contribution in [0.25, 0.3) is 0 Å². The van der Waals surface area contributed by atoms with Gasteiger partial charge in [0.05, 0.1) is 48.0 Å². The van der Waals surface area contributed by atoms with E-state index in [0.717, 1.165) is 5.01 Å². The Balaban J connectivity index is 1.93. The van der Waals surface area contributed by atoms with Crippen molar-refractivity contribution < 1.29 is 66.6 Å². The van der Waals surface area contributed by atoms with Gasteiger partial charge in [-0.05, 0) is 68.0 Å². The second-order valence-electron chi connectivity index (χ2n) is 19.1. The standard InChI is InChI=1S/C44H75N3O14/c1-17-31-42(10)20-32(50)47(45)37(42)24(4)34(51)22(2)19-43(11,53-15)38(61-41-36(57-28(8)48)30(46(13)14)18-23(3)55-41)25(5)35(26(6)40(52)59-31)60-33-21-44(12,54-16)39(27(7)56-33)58-29(9)49/h22-27,30-31,33,35-39,41H,17-21,45H2,1-16H3/t22-,23-,24+,25+,26-,27?,30+,31-,33?,35?,36-,37-,38-,39?,41+,42-,43-,44?/m1/s1. The number of rotatable bonds is 10. The smallest absolute Gasteiger partial charge is 0.311 e. The normalized spacial score (nSPS) is 44.3. The van der Waals surface area contributed by atoms with Gasteiger partial charge in [0.2, 0.25) is 5.91 Å². The molecular weight excluding hydrogens is 794 g/mol. The Bertz CT molecular complexity index is 1580. The van der Waals surface area contributed by atoms with Gasteiger partial charge in [-0.1, -0.05) is 34.6 Å². The zero-order chi connectivity index (χ0) is 46.1. The van der Waals surface area contributed by atoms with E-state index in [0.29, 0.717) is 12.8 Å². The van der Waals surface area contributed by atoms with Crippen molar-refractivity contribution in [2.75, 3.05) is 28.3 Å². The van der Waals surface area contributed by atoms with E-state index in [2.05, 4.69) is 0 Å². The number of Topliss-reactive ketones (excluding diaryl/α,β-unsaturated/α-hetero) is 1. The van der Waals surface area contributed by atoms with Gasteiger partial charge < -0.3 is 47.5 Å². The zero-order valence-electron chi connectivity index (χ0n) is 39.4. The summed E-state index contributed by atoms with van der Waals surface area (Å²) in [6.07, 6.45) is -6.44. The Morgan fingerprint density at radius 2 is 1.43 bits per heavy atom. The highest BCUT2D eigenvalue weighted by Crippen LogP contribution is 2.48. The summed E-state index contributed by atoms with van der Waals surface area (Å²) < 4.78 is 57.4. The Kier molecular flexibility index (Phi) is 16.6. The molecule has 4 fully saturated rings. The average Bonchev–Trinajstić information content (AvgIpc) is 3.41. The van der Waals surface area contributed by atoms with Crippen LogP contribution in [0.4, 0.5) is 0 Å². The van der Waals surface area contributed by atoms with E-state index in [1.165, 1.54) is 28.1 Å². The monoisotopic (exact) mass is 870 g/mol. The van der Waals surface area contributed by atoms with E-state index in [4.69, 9.17) is 48.5 Å². The molecule has 0 spiro atoms. The van der Waals surface area contributed by atoms with E-state index in [1.54, 1.807) is 20.8 Å². The zero-order valence-corrected chi connectivity index (χ0v) is 39.4. The highest BCUT2D eigenvalue weighted by atomic mass is 16.7. The van der Waals surface area contributed by atoms with Crippen LogP contribution in [0.1, 0.15) is 115 Å². The first-order chi connectivity index (χ1) is 28.3. The number of esters is 3. The van der Waals surface area contributed by atoms with Gasteiger partial charge in [0.15, 0.2) is 24.8 Å². The van der Waals surface area contributed by atoms with Gasteiger partial charge in [0, 0.05) is 64.1 Å². The quantitative estimate of drug-likeness (QED) is 0.143. The van der Waals surface area contributed by atoms with Crippen LogP contribution in [0.5, 0.6) is 0 Å². The molecule has 2 N–H and O–H groups in total. The molecule has 17 nitrogen and oxygen atoms in total. The summed E-state index contributed by atoms with van der Waals surface area (Å²) in [4.78, 5) is 69.6. The molecule has 350 valence electrons. The third-order valence-corrected chi connectivity index (χ3v) is 14.1. The number of likely N-dealkylation sites (N-methyl/N-ethyl adjacent to an activating group) is 1. The largest absolute Gasteiger partial charge is 0.461 e. The first kappa shape index (κ1) is 50.9. The van der Waals surface area contributed by atoms with Crippen molar-refractivity contribution in [1.29, 1.82) is 0 Å². The lowest BCUT2D eigenvalue weighted by molar-refractivity contribution is -0.320. The van der Waals surface area contributed by atoms with Crippen LogP contribution in [0, 0.1) is 29.1 Å². The van der Waals surface area contributed by atoms with Crippen molar-refractivity contribution in [2.24, 2.45) is 34.9 Å². The topological polar surface area (TPSA) is 201 Å². The van der Waals surface area contributed by atoms with Gasteiger partial charge >= 0.3 is 17.9 Å². The van der Waals surface area contributed by atoms with Gasteiger partial charge in [-0.25, -0.2) is 5.84 Å². The molecule has 0 bridgehead atoms. The first-order valence-corrected chi connectivity index (χ1v) is 21.8. The number of hydrogen-bond donors (Lipinski definition) is 1. The Hall–Kier alpha value is -2.77. The molecule has 4 saturated heterocycles. The second-order valence-corrected chi connectivity index (χ2v) is 19.1. The molecule has 0 aromatic heterocycles. The third-order valence-electron chi connectivity index (χ3n) is 14.1. The van der Waals surface area contributed by atoms with Crippen molar-refractivity contribution in [3.8, 4) is 0 Å². The number of carbonyl (C=O) groups excluding carboxylic acids is 5. The Morgan fingerprint density at radius 3 is 1.97 bits per heavy atom. The summed E-state index contributed by atoms with van der Waals surface area (Å²) in [5.74, 6) is 1.20. The number of hydrazine groups is 1. The van der Waals surface area contributed by atoms with Crippen molar-refractivity contribution >= 4 is 29.6 Å². The second kappa shape index (κ2) is 20.0. The first-order valence-electron chi connectivity index (χ1n) is 21.8. The van der Waals surface area contributed by atoms with E-state index < -0.39 is 113 Å². The molecule has 4 aliphatic heterocycles. The summed E-state index contributed by atoms with van der Waals surface area (Å²) >= 11 is 0. The number of amides is 1. The average molecular weight is 870 g/mol. The van der Waals surface area contributed by atoms with E-state index >= 15 is 0 Å². The van der Waals surface area contributed by atoms with Crippen LogP contribution >= 0.6 is 0 Å². The summed E-state index contributed by atoms with van der Waals surface area (Å²) in [7, 11) is 6.84. The van der Waals surface area contributed by atoms with E-state index in [1.807, 2.05) is 67.5 Å². The van der Waals surface area contributed by atoms with Crippen molar-refractivity contribution in [3.63, 3.8) is 0 Å². The lowest BCUT2D eigenvalue weighted by atomic mass is 9.68. The maximum absolute atomic E-state index is 14.7. The molecule has 0 saturated carbocycles. The van der Waals surface area contributed by atoms with Crippen LogP contribution in [0.3, 0.4) is 0 Å². The molecule has 1 amide bonds. The van der Waals surface area contributed by atoms with Gasteiger partial charge in [-0.3, -0.25) is 29.0 Å². The Labute approximate surface area is 362 Å². The number of ketones is 1. The van der Waals surface area contributed by atoms with E-state index in [-0.39, 0.29) is 43.1 Å². The van der Waals surface area contributed by atoms with Crippen LogP contribution in [0.15, 0.2) is 0 Å². The molecule has 0 aromatic carbocycles.